The molecule has 1 fully saturated rings. The Bertz CT molecular complexity index is 392. The summed E-state index contributed by atoms with van der Waals surface area (Å²) >= 11 is 0. The molecule has 1 aliphatic heterocycles. The molecule has 19 heavy (non-hydrogen) atoms. The zero-order valence-electron chi connectivity index (χ0n) is 11.3. The lowest BCUT2D eigenvalue weighted by atomic mass is 9.99. The molecule has 4 nitrogen and oxygen atoms in total. The first kappa shape index (κ1) is 13.9. The Morgan fingerprint density at radius 3 is 2.84 bits per heavy atom. The van der Waals surface area contributed by atoms with E-state index in [9.17, 15) is 4.79 Å². The predicted molar refractivity (Wildman–Crippen MR) is 75.0 cm³/mol. The van der Waals surface area contributed by atoms with Crippen molar-refractivity contribution in [1.82, 2.24) is 4.90 Å². The average molecular weight is 262 g/mol. The van der Waals surface area contributed by atoms with Gasteiger partial charge in [-0.3, -0.25) is 4.79 Å². The number of piperidine rings is 1. The van der Waals surface area contributed by atoms with E-state index in [0.717, 1.165) is 31.6 Å². The van der Waals surface area contributed by atoms with Crippen LogP contribution in [0.4, 0.5) is 0 Å². The summed E-state index contributed by atoms with van der Waals surface area (Å²) in [4.78, 5) is 14.2. The molecule has 2 rings (SSSR count). The lowest BCUT2D eigenvalue weighted by Gasteiger charge is -2.35. The molecule has 0 spiro atoms. The number of ether oxygens (including phenoxy) is 1. The fourth-order valence-corrected chi connectivity index (χ4v) is 2.57. The van der Waals surface area contributed by atoms with E-state index in [2.05, 4.69) is 0 Å². The van der Waals surface area contributed by atoms with Gasteiger partial charge < -0.3 is 15.4 Å². The zero-order chi connectivity index (χ0) is 13.5. The Labute approximate surface area is 114 Å². The molecule has 1 amide bonds. The number of likely N-dealkylation sites (tertiary alicyclic amines) is 1. The Kier molecular flexibility index (Phi) is 5.21. The number of benzene rings is 1. The van der Waals surface area contributed by atoms with Crippen molar-refractivity contribution >= 4 is 5.91 Å². The minimum Gasteiger partial charge on any atom is -0.484 e. The number of para-hydroxylation sites is 1. The zero-order valence-corrected chi connectivity index (χ0v) is 11.3. The monoisotopic (exact) mass is 262 g/mol. The molecule has 0 bridgehead atoms. The summed E-state index contributed by atoms with van der Waals surface area (Å²) in [5.74, 6) is 0.810. The highest BCUT2D eigenvalue weighted by atomic mass is 16.5. The van der Waals surface area contributed by atoms with E-state index < -0.39 is 0 Å². The largest absolute Gasteiger partial charge is 0.484 e. The van der Waals surface area contributed by atoms with Crippen LogP contribution < -0.4 is 10.5 Å². The Balaban J connectivity index is 1.87. The van der Waals surface area contributed by atoms with E-state index in [1.165, 1.54) is 6.42 Å². The van der Waals surface area contributed by atoms with Crippen LogP contribution in [0.5, 0.6) is 5.75 Å². The number of amides is 1. The SMILES string of the molecule is NCCC1CCCCN1C(=O)COc1ccccc1. The number of nitrogens with two attached hydrogens (primary N) is 1. The Morgan fingerprint density at radius 2 is 2.11 bits per heavy atom. The van der Waals surface area contributed by atoms with Gasteiger partial charge >= 0.3 is 0 Å². The highest BCUT2D eigenvalue weighted by Gasteiger charge is 2.26. The maximum absolute atomic E-state index is 12.2. The van der Waals surface area contributed by atoms with Crippen molar-refractivity contribution in [3.63, 3.8) is 0 Å². The van der Waals surface area contributed by atoms with E-state index >= 15 is 0 Å². The summed E-state index contributed by atoms with van der Waals surface area (Å²) in [5.41, 5.74) is 5.62. The van der Waals surface area contributed by atoms with Crippen molar-refractivity contribution in [3.05, 3.63) is 30.3 Å². The minimum atomic E-state index is 0.0713. The molecule has 0 aliphatic carbocycles. The Morgan fingerprint density at radius 1 is 1.32 bits per heavy atom. The molecular formula is C15H22N2O2. The molecular weight excluding hydrogens is 240 g/mol. The van der Waals surface area contributed by atoms with Gasteiger partial charge in [0.25, 0.3) is 5.91 Å². The summed E-state index contributed by atoms with van der Waals surface area (Å²) in [7, 11) is 0. The number of hydrogen-bond donors (Lipinski definition) is 1. The highest BCUT2D eigenvalue weighted by Crippen LogP contribution is 2.19. The van der Waals surface area contributed by atoms with E-state index in [1.807, 2.05) is 35.2 Å². The fraction of sp³-hybridized carbons (Fsp3) is 0.533. The maximum Gasteiger partial charge on any atom is 0.260 e. The summed E-state index contributed by atoms with van der Waals surface area (Å²) in [6, 6.07) is 9.75. The van der Waals surface area contributed by atoms with Crippen molar-refractivity contribution in [1.29, 1.82) is 0 Å². The van der Waals surface area contributed by atoms with Gasteiger partial charge in [0, 0.05) is 12.6 Å². The molecule has 1 saturated heterocycles. The lowest BCUT2D eigenvalue weighted by Crippen LogP contribution is -2.46. The van der Waals surface area contributed by atoms with Crippen LogP contribution in [0.15, 0.2) is 30.3 Å². The summed E-state index contributed by atoms with van der Waals surface area (Å²) < 4.78 is 5.53. The molecule has 0 aromatic heterocycles. The minimum absolute atomic E-state index is 0.0713. The molecule has 0 radical (unpaired) electrons. The van der Waals surface area contributed by atoms with Gasteiger partial charge in [0.1, 0.15) is 5.75 Å². The quantitative estimate of drug-likeness (QED) is 0.880. The molecule has 1 aliphatic rings. The molecule has 1 heterocycles. The van der Waals surface area contributed by atoms with Crippen LogP contribution in [0.1, 0.15) is 25.7 Å². The Hall–Kier alpha value is -1.55. The van der Waals surface area contributed by atoms with Crippen molar-refractivity contribution in [2.45, 2.75) is 31.7 Å². The van der Waals surface area contributed by atoms with Crippen LogP contribution in [-0.2, 0) is 4.79 Å². The van der Waals surface area contributed by atoms with Crippen molar-refractivity contribution < 1.29 is 9.53 Å². The van der Waals surface area contributed by atoms with Gasteiger partial charge in [-0.2, -0.15) is 0 Å². The number of carbonyl (C=O) groups excluding carboxylic acids is 1. The van der Waals surface area contributed by atoms with Crippen LogP contribution >= 0.6 is 0 Å². The van der Waals surface area contributed by atoms with Crippen molar-refractivity contribution in [2.24, 2.45) is 5.73 Å². The normalized spacial score (nSPS) is 19.2. The molecule has 0 saturated carbocycles. The fourth-order valence-electron chi connectivity index (χ4n) is 2.57. The second kappa shape index (κ2) is 7.14. The van der Waals surface area contributed by atoms with Gasteiger partial charge in [-0.1, -0.05) is 18.2 Å². The smallest absolute Gasteiger partial charge is 0.260 e. The second-order valence-corrected chi connectivity index (χ2v) is 4.92. The number of hydrogen-bond acceptors (Lipinski definition) is 3. The third-order valence-electron chi connectivity index (χ3n) is 3.55. The van der Waals surface area contributed by atoms with Gasteiger partial charge in [-0.15, -0.1) is 0 Å². The first-order chi connectivity index (χ1) is 9.31. The molecule has 1 aromatic rings. The third kappa shape index (κ3) is 3.96. The van der Waals surface area contributed by atoms with Gasteiger partial charge in [0.15, 0.2) is 6.61 Å². The maximum atomic E-state index is 12.2. The first-order valence-electron chi connectivity index (χ1n) is 6.98. The van der Waals surface area contributed by atoms with Gasteiger partial charge in [-0.25, -0.2) is 0 Å². The predicted octanol–water partition coefficient (Wildman–Crippen LogP) is 1.80. The third-order valence-corrected chi connectivity index (χ3v) is 3.55. The second-order valence-electron chi connectivity index (χ2n) is 4.92. The summed E-state index contributed by atoms with van der Waals surface area (Å²) in [5, 5.41) is 0. The van der Waals surface area contributed by atoms with Crippen LogP contribution in [0, 0.1) is 0 Å². The lowest BCUT2D eigenvalue weighted by molar-refractivity contribution is -0.137. The topological polar surface area (TPSA) is 55.6 Å². The van der Waals surface area contributed by atoms with Crippen LogP contribution in [0.3, 0.4) is 0 Å². The van der Waals surface area contributed by atoms with Gasteiger partial charge in [0.05, 0.1) is 0 Å². The first-order valence-corrected chi connectivity index (χ1v) is 6.98. The van der Waals surface area contributed by atoms with Gasteiger partial charge in [0.2, 0.25) is 0 Å². The standard InChI is InChI=1S/C15H22N2O2/c16-10-9-13-6-4-5-11-17(13)15(18)12-19-14-7-2-1-3-8-14/h1-3,7-8,13H,4-6,9-12,16H2. The summed E-state index contributed by atoms with van der Waals surface area (Å²) in [6.07, 6.45) is 4.22. The molecule has 1 atom stereocenters. The number of nitrogens with zero attached hydrogens (tertiary/aromatic N) is 1. The van der Waals surface area contributed by atoms with E-state index in [4.69, 9.17) is 10.5 Å². The summed E-state index contributed by atoms with van der Waals surface area (Å²) in [6.45, 7) is 1.58. The number of carbonyl (C=O) groups is 1. The van der Waals surface area contributed by atoms with Crippen LogP contribution in [0.2, 0.25) is 0 Å². The van der Waals surface area contributed by atoms with Crippen LogP contribution in [0.25, 0.3) is 0 Å². The average Bonchev–Trinajstić information content (AvgIpc) is 2.47. The van der Waals surface area contributed by atoms with Crippen molar-refractivity contribution in [3.8, 4) is 5.75 Å². The van der Waals surface area contributed by atoms with E-state index in [0.29, 0.717) is 12.6 Å². The molecule has 4 heteroatoms. The van der Waals surface area contributed by atoms with E-state index in [-0.39, 0.29) is 12.5 Å². The van der Waals surface area contributed by atoms with Gasteiger partial charge in [-0.05, 0) is 44.4 Å². The molecule has 104 valence electrons. The highest BCUT2D eigenvalue weighted by molar-refractivity contribution is 5.78. The molecule has 2 N–H and O–H groups in total. The molecule has 1 unspecified atom stereocenters. The van der Waals surface area contributed by atoms with Crippen LogP contribution in [-0.4, -0.2) is 36.5 Å². The molecule has 1 aromatic carbocycles. The van der Waals surface area contributed by atoms with Crippen molar-refractivity contribution in [2.75, 3.05) is 19.7 Å². The van der Waals surface area contributed by atoms with E-state index in [1.54, 1.807) is 0 Å². The number of rotatable bonds is 5.